The molecule has 2 saturated carbocycles. The molecular weight excluding hydrogens is 458 g/mol. The van der Waals surface area contributed by atoms with Crippen molar-refractivity contribution in [3.05, 3.63) is 36.0 Å². The van der Waals surface area contributed by atoms with E-state index in [0.717, 1.165) is 37.1 Å². The van der Waals surface area contributed by atoms with Gasteiger partial charge in [0, 0.05) is 36.8 Å². The smallest absolute Gasteiger partial charge is 0.254 e. The lowest BCUT2D eigenvalue weighted by Crippen LogP contribution is -2.41. The number of rotatable bonds is 10. The van der Waals surface area contributed by atoms with Crippen LogP contribution in [0.25, 0.3) is 0 Å². The number of nitriles is 1. The van der Waals surface area contributed by atoms with Crippen molar-refractivity contribution in [2.45, 2.75) is 63.5 Å². The molecule has 0 unspecified atom stereocenters. The van der Waals surface area contributed by atoms with Crippen LogP contribution in [0.1, 0.15) is 62.2 Å². The van der Waals surface area contributed by atoms with Gasteiger partial charge in [0.1, 0.15) is 5.56 Å². The molecule has 1 heterocycles. The second-order valence-corrected chi connectivity index (χ2v) is 9.29. The summed E-state index contributed by atoms with van der Waals surface area (Å²) in [6.45, 7) is 5.35. The third-order valence-electron chi connectivity index (χ3n) is 6.81. The van der Waals surface area contributed by atoms with Crippen LogP contribution in [-0.2, 0) is 10.3 Å². The Morgan fingerprint density at radius 2 is 2.00 bits per heavy atom. The molecule has 36 heavy (non-hydrogen) atoms. The summed E-state index contributed by atoms with van der Waals surface area (Å²) in [6.07, 6.45) is 8.12. The van der Waals surface area contributed by atoms with E-state index in [4.69, 9.17) is 5.73 Å². The van der Waals surface area contributed by atoms with Gasteiger partial charge in [-0.25, -0.2) is 0 Å². The van der Waals surface area contributed by atoms with Crippen molar-refractivity contribution < 1.29 is 9.59 Å². The number of hydrogen-bond donors (Lipinski definition) is 3. The number of primary amides is 1. The zero-order chi connectivity index (χ0) is 25.7. The zero-order valence-electron chi connectivity index (χ0n) is 20.4. The fraction of sp³-hybridized carbons (Fsp3) is 0.440. The minimum absolute atomic E-state index is 0.0324. The van der Waals surface area contributed by atoms with Crippen LogP contribution in [0.5, 0.6) is 0 Å². The van der Waals surface area contributed by atoms with Gasteiger partial charge in [-0.15, -0.1) is 0 Å². The standard InChI is InChI=1S/C25H31N9O2/c1-3-29-34(28-2)20-8-6-18(7-9-20)30-19-10-12-25(13-11-19,14-15-26)33-16-21(22(27)35)23(32-33)31-24(36)17-4-5-17/h3,6-9,16-17,19,30H,2,4-5,10-14H2,1H3,(H2,27,35)(H,31,32,36)/b29-3-. The first-order chi connectivity index (χ1) is 17.4. The second-order valence-electron chi connectivity index (χ2n) is 9.29. The molecule has 0 atom stereocenters. The van der Waals surface area contributed by atoms with E-state index in [0.29, 0.717) is 12.8 Å². The largest absolute Gasteiger partial charge is 0.382 e. The van der Waals surface area contributed by atoms with Crippen molar-refractivity contribution in [2.24, 2.45) is 21.9 Å². The summed E-state index contributed by atoms with van der Waals surface area (Å²) in [5, 5.41) is 29.9. The van der Waals surface area contributed by atoms with Gasteiger partial charge in [0.2, 0.25) is 5.91 Å². The quantitative estimate of drug-likeness (QED) is 0.343. The predicted molar refractivity (Wildman–Crippen MR) is 139 cm³/mol. The summed E-state index contributed by atoms with van der Waals surface area (Å²) >= 11 is 0. The average molecular weight is 490 g/mol. The molecule has 1 aromatic carbocycles. The normalized spacial score (nSPS) is 21.5. The lowest BCUT2D eigenvalue weighted by molar-refractivity contribution is -0.117. The molecule has 11 nitrogen and oxygen atoms in total. The van der Waals surface area contributed by atoms with Gasteiger partial charge in [-0.1, -0.05) is 0 Å². The summed E-state index contributed by atoms with van der Waals surface area (Å²) in [6, 6.07) is 10.3. The molecule has 4 rings (SSSR count). The van der Waals surface area contributed by atoms with Gasteiger partial charge in [-0.3, -0.25) is 14.3 Å². The number of nitrogens with one attached hydrogen (secondary N) is 2. The molecule has 1 aromatic heterocycles. The predicted octanol–water partition coefficient (Wildman–Crippen LogP) is 3.42. The lowest BCUT2D eigenvalue weighted by Gasteiger charge is -2.39. The van der Waals surface area contributed by atoms with Crippen LogP contribution in [0.2, 0.25) is 0 Å². The molecule has 0 saturated heterocycles. The minimum Gasteiger partial charge on any atom is -0.382 e. The van der Waals surface area contributed by atoms with Gasteiger partial charge >= 0.3 is 0 Å². The number of carbonyl (C=O) groups is 2. The van der Waals surface area contributed by atoms with E-state index < -0.39 is 11.4 Å². The number of benzene rings is 1. The fourth-order valence-corrected chi connectivity index (χ4v) is 4.61. The van der Waals surface area contributed by atoms with Crippen molar-refractivity contribution >= 4 is 41.9 Å². The maximum Gasteiger partial charge on any atom is 0.254 e. The summed E-state index contributed by atoms with van der Waals surface area (Å²) in [5.41, 5.74) is 6.94. The first-order valence-corrected chi connectivity index (χ1v) is 12.1. The molecule has 2 fully saturated rings. The summed E-state index contributed by atoms with van der Waals surface area (Å²) in [7, 11) is 0. The van der Waals surface area contributed by atoms with E-state index in [1.807, 2.05) is 31.2 Å². The Kier molecular flexibility index (Phi) is 7.33. The van der Waals surface area contributed by atoms with Crippen molar-refractivity contribution in [1.82, 2.24) is 9.78 Å². The molecule has 4 N–H and O–H groups in total. The SMILES string of the molecule is C=NN(/N=C\C)c1ccc(NC2CCC(CC#N)(n3cc(C(N)=O)c(NC(=O)C4CC4)n3)CC2)cc1. The van der Waals surface area contributed by atoms with Crippen LogP contribution >= 0.6 is 0 Å². The van der Waals surface area contributed by atoms with E-state index >= 15 is 0 Å². The fourth-order valence-electron chi connectivity index (χ4n) is 4.61. The lowest BCUT2D eigenvalue weighted by atomic mass is 9.77. The van der Waals surface area contributed by atoms with Crippen molar-refractivity contribution in [3.63, 3.8) is 0 Å². The second kappa shape index (κ2) is 10.6. The third-order valence-corrected chi connectivity index (χ3v) is 6.81. The molecule has 2 amide bonds. The van der Waals surface area contributed by atoms with Gasteiger partial charge < -0.3 is 16.4 Å². The van der Waals surface area contributed by atoms with Crippen molar-refractivity contribution in [1.29, 1.82) is 5.26 Å². The van der Waals surface area contributed by atoms with Crippen LogP contribution in [0.4, 0.5) is 17.2 Å². The Morgan fingerprint density at radius 1 is 1.31 bits per heavy atom. The van der Waals surface area contributed by atoms with Crippen LogP contribution in [-0.4, -0.2) is 40.6 Å². The van der Waals surface area contributed by atoms with Gasteiger partial charge in [0.05, 0.1) is 23.7 Å². The molecule has 0 spiro atoms. The Labute approximate surface area is 210 Å². The number of hydrazone groups is 2. The Hall–Kier alpha value is -4.20. The highest BCUT2D eigenvalue weighted by molar-refractivity contribution is 6.02. The number of hydrogen-bond acceptors (Lipinski definition) is 8. The van der Waals surface area contributed by atoms with Gasteiger partial charge in [-0.05, 0) is 69.7 Å². The van der Waals surface area contributed by atoms with E-state index in [-0.39, 0.29) is 35.7 Å². The minimum atomic E-state index is -0.659. The monoisotopic (exact) mass is 489 g/mol. The highest BCUT2D eigenvalue weighted by atomic mass is 16.2. The van der Waals surface area contributed by atoms with E-state index in [1.54, 1.807) is 17.1 Å². The highest BCUT2D eigenvalue weighted by Gasteiger charge is 2.39. The first-order valence-electron chi connectivity index (χ1n) is 12.1. The molecule has 0 bridgehead atoms. The van der Waals surface area contributed by atoms with Crippen LogP contribution < -0.4 is 21.5 Å². The molecule has 0 aliphatic heterocycles. The Bertz CT molecular complexity index is 1180. The van der Waals surface area contributed by atoms with Crippen LogP contribution in [0.15, 0.2) is 40.7 Å². The highest BCUT2D eigenvalue weighted by Crippen LogP contribution is 2.39. The van der Waals surface area contributed by atoms with Crippen molar-refractivity contribution in [2.75, 3.05) is 15.8 Å². The number of anilines is 3. The van der Waals surface area contributed by atoms with Gasteiger partial charge in [0.25, 0.3) is 5.91 Å². The van der Waals surface area contributed by atoms with E-state index in [1.165, 1.54) is 5.12 Å². The first kappa shape index (κ1) is 24.9. The molecule has 188 valence electrons. The Balaban J connectivity index is 1.46. The number of carbonyl (C=O) groups excluding carboxylic acids is 2. The van der Waals surface area contributed by atoms with Gasteiger partial charge in [-0.2, -0.15) is 25.7 Å². The Morgan fingerprint density at radius 3 is 2.56 bits per heavy atom. The number of nitrogens with zero attached hydrogens (tertiary/aromatic N) is 6. The molecule has 2 aromatic rings. The summed E-state index contributed by atoms with van der Waals surface area (Å²) < 4.78 is 1.68. The van der Waals surface area contributed by atoms with Gasteiger partial charge in [0.15, 0.2) is 5.82 Å². The topological polar surface area (TPSA) is 154 Å². The summed E-state index contributed by atoms with van der Waals surface area (Å²) in [5.74, 6) is -0.667. The molecule has 2 aliphatic rings. The molecule has 0 radical (unpaired) electrons. The molecular formula is C25H31N9O2. The number of amides is 2. The maximum absolute atomic E-state index is 12.3. The zero-order valence-corrected chi connectivity index (χ0v) is 20.4. The molecule has 11 heteroatoms. The third kappa shape index (κ3) is 5.38. The van der Waals surface area contributed by atoms with Crippen LogP contribution in [0, 0.1) is 17.2 Å². The van der Waals surface area contributed by atoms with E-state index in [2.05, 4.69) is 38.7 Å². The average Bonchev–Trinajstić information content (AvgIpc) is 3.64. The van der Waals surface area contributed by atoms with E-state index in [9.17, 15) is 14.9 Å². The van der Waals surface area contributed by atoms with Crippen LogP contribution in [0.3, 0.4) is 0 Å². The number of aromatic nitrogens is 2. The number of nitrogens with two attached hydrogens (primary N) is 1. The maximum atomic E-state index is 12.3. The molecule has 2 aliphatic carbocycles. The van der Waals surface area contributed by atoms with Crippen molar-refractivity contribution in [3.8, 4) is 6.07 Å². The summed E-state index contributed by atoms with van der Waals surface area (Å²) in [4.78, 5) is 24.3.